The molecule has 0 amide bonds. The van der Waals surface area contributed by atoms with Gasteiger partial charge in [-0.25, -0.2) is 4.98 Å². The van der Waals surface area contributed by atoms with Crippen LogP contribution < -0.4 is 9.47 Å². The first-order valence-corrected chi connectivity index (χ1v) is 7.40. The number of aromatic nitrogens is 3. The molecule has 2 aromatic heterocycles. The predicted octanol–water partition coefficient (Wildman–Crippen LogP) is 3.04. The molecule has 0 fully saturated rings. The molecule has 4 rings (SSSR count). The second-order valence-electron chi connectivity index (χ2n) is 4.49. The lowest BCUT2D eigenvalue weighted by atomic mass is 10.1. The summed E-state index contributed by atoms with van der Waals surface area (Å²) in [6.07, 6.45) is 5.03. The molecule has 0 bridgehead atoms. The van der Waals surface area contributed by atoms with E-state index < -0.39 is 0 Å². The third kappa shape index (κ3) is 2.34. The molecule has 0 spiro atoms. The fraction of sp³-hybridized carbons (Fsp3) is 0.133. The quantitative estimate of drug-likeness (QED) is 0.727. The molecular formula is C15H11N3O2S. The number of ether oxygens (including phenoxy) is 2. The van der Waals surface area contributed by atoms with Crippen molar-refractivity contribution in [2.75, 3.05) is 13.2 Å². The number of hydrogen-bond donors (Lipinski definition) is 0. The van der Waals surface area contributed by atoms with E-state index in [9.17, 15) is 0 Å². The van der Waals surface area contributed by atoms with Crippen LogP contribution in [-0.4, -0.2) is 28.2 Å². The van der Waals surface area contributed by atoms with Crippen LogP contribution in [0.3, 0.4) is 0 Å². The molecule has 0 unspecified atom stereocenters. The number of hydrogen-bond acceptors (Lipinski definition) is 6. The van der Waals surface area contributed by atoms with Gasteiger partial charge in [-0.2, -0.15) is 0 Å². The zero-order valence-electron chi connectivity index (χ0n) is 11.0. The molecule has 3 heterocycles. The van der Waals surface area contributed by atoms with Crippen molar-refractivity contribution in [2.24, 2.45) is 0 Å². The maximum Gasteiger partial charge on any atom is 0.162 e. The van der Waals surface area contributed by atoms with Crippen LogP contribution >= 0.6 is 11.3 Å². The van der Waals surface area contributed by atoms with Gasteiger partial charge in [-0.15, -0.1) is 11.3 Å². The van der Waals surface area contributed by atoms with Crippen LogP contribution in [-0.2, 0) is 0 Å². The van der Waals surface area contributed by atoms with Crippen molar-refractivity contribution in [2.45, 2.75) is 0 Å². The van der Waals surface area contributed by atoms with Gasteiger partial charge in [0, 0.05) is 23.3 Å². The summed E-state index contributed by atoms with van der Waals surface area (Å²) in [5, 5.41) is 2.86. The van der Waals surface area contributed by atoms with Gasteiger partial charge in [-0.05, 0) is 18.2 Å². The Hall–Kier alpha value is -2.47. The highest BCUT2D eigenvalue weighted by Crippen LogP contribution is 2.35. The van der Waals surface area contributed by atoms with E-state index in [0.717, 1.165) is 33.5 Å². The molecule has 1 aliphatic rings. The normalized spacial score (nSPS) is 13.1. The van der Waals surface area contributed by atoms with E-state index >= 15 is 0 Å². The molecule has 0 atom stereocenters. The van der Waals surface area contributed by atoms with E-state index in [-0.39, 0.29) is 0 Å². The molecule has 3 aromatic rings. The van der Waals surface area contributed by atoms with Crippen LogP contribution in [0.4, 0.5) is 0 Å². The molecule has 21 heavy (non-hydrogen) atoms. The summed E-state index contributed by atoms with van der Waals surface area (Å²) in [5.41, 5.74) is 2.69. The summed E-state index contributed by atoms with van der Waals surface area (Å²) in [6, 6.07) is 5.87. The summed E-state index contributed by atoms with van der Waals surface area (Å²) < 4.78 is 11.1. The monoisotopic (exact) mass is 297 g/mol. The second-order valence-corrected chi connectivity index (χ2v) is 5.35. The summed E-state index contributed by atoms with van der Waals surface area (Å²) in [6.45, 7) is 1.18. The van der Waals surface area contributed by atoms with E-state index in [2.05, 4.69) is 15.0 Å². The third-order valence-electron chi connectivity index (χ3n) is 3.12. The minimum atomic E-state index is 0.582. The minimum Gasteiger partial charge on any atom is -0.486 e. The number of nitrogens with zero attached hydrogens (tertiary/aromatic N) is 3. The van der Waals surface area contributed by atoms with Gasteiger partial charge in [0.15, 0.2) is 11.5 Å². The zero-order chi connectivity index (χ0) is 14.1. The van der Waals surface area contributed by atoms with Gasteiger partial charge < -0.3 is 9.47 Å². The lowest BCUT2D eigenvalue weighted by Crippen LogP contribution is -2.15. The zero-order valence-corrected chi connectivity index (χ0v) is 11.8. The summed E-state index contributed by atoms with van der Waals surface area (Å²) in [7, 11) is 0. The Balaban J connectivity index is 1.70. The molecule has 1 aliphatic heterocycles. The SMILES string of the molecule is c1cnc(-c2nc(-c3ccc4c(c3)OCCO4)cs2)cn1. The van der Waals surface area contributed by atoms with Crippen LogP contribution in [0.5, 0.6) is 11.5 Å². The highest BCUT2D eigenvalue weighted by atomic mass is 32.1. The van der Waals surface area contributed by atoms with Gasteiger partial charge in [-0.3, -0.25) is 9.97 Å². The first-order chi connectivity index (χ1) is 10.4. The Morgan fingerprint density at radius 3 is 2.76 bits per heavy atom. The van der Waals surface area contributed by atoms with E-state index in [1.54, 1.807) is 29.9 Å². The maximum absolute atomic E-state index is 5.61. The number of fused-ring (bicyclic) bond motifs is 1. The van der Waals surface area contributed by atoms with Gasteiger partial charge in [0.2, 0.25) is 0 Å². The van der Waals surface area contributed by atoms with Gasteiger partial charge >= 0.3 is 0 Å². The molecule has 0 radical (unpaired) electrons. The standard InChI is InChI=1S/C15H11N3O2S/c1-2-13-14(20-6-5-19-13)7-10(1)12-9-21-15(18-12)11-8-16-3-4-17-11/h1-4,7-9H,5-6H2. The smallest absolute Gasteiger partial charge is 0.162 e. The van der Waals surface area contributed by atoms with Gasteiger partial charge in [0.25, 0.3) is 0 Å². The fourth-order valence-electron chi connectivity index (χ4n) is 2.14. The molecule has 0 aliphatic carbocycles. The summed E-state index contributed by atoms with van der Waals surface area (Å²) in [5.74, 6) is 1.56. The minimum absolute atomic E-state index is 0.582. The van der Waals surface area contributed by atoms with Gasteiger partial charge in [-0.1, -0.05) is 0 Å². The second kappa shape index (κ2) is 5.14. The van der Waals surface area contributed by atoms with E-state index in [0.29, 0.717) is 13.2 Å². The van der Waals surface area contributed by atoms with Crippen molar-refractivity contribution in [3.8, 4) is 33.5 Å². The van der Waals surface area contributed by atoms with Crippen molar-refractivity contribution in [3.05, 3.63) is 42.2 Å². The van der Waals surface area contributed by atoms with E-state index in [1.807, 2.05) is 23.6 Å². The van der Waals surface area contributed by atoms with Gasteiger partial charge in [0.05, 0.1) is 11.9 Å². The van der Waals surface area contributed by atoms with E-state index in [1.165, 1.54) is 0 Å². The summed E-state index contributed by atoms with van der Waals surface area (Å²) >= 11 is 1.55. The molecule has 1 aromatic carbocycles. The average molecular weight is 297 g/mol. The Morgan fingerprint density at radius 1 is 1.00 bits per heavy atom. The van der Waals surface area contributed by atoms with Crippen LogP contribution in [0.1, 0.15) is 0 Å². The largest absolute Gasteiger partial charge is 0.486 e. The Bertz CT molecular complexity index is 774. The molecule has 0 saturated carbocycles. The maximum atomic E-state index is 5.61. The predicted molar refractivity (Wildman–Crippen MR) is 79.6 cm³/mol. The molecule has 0 N–H and O–H groups in total. The molecule has 0 saturated heterocycles. The van der Waals surface area contributed by atoms with Crippen molar-refractivity contribution < 1.29 is 9.47 Å². The van der Waals surface area contributed by atoms with Crippen LogP contribution in [0.2, 0.25) is 0 Å². The Labute approximate surface area is 125 Å². The first kappa shape index (κ1) is 12.3. The molecule has 6 heteroatoms. The van der Waals surface area contributed by atoms with Crippen molar-refractivity contribution in [1.82, 2.24) is 15.0 Å². The van der Waals surface area contributed by atoms with Crippen molar-refractivity contribution in [1.29, 1.82) is 0 Å². The number of rotatable bonds is 2. The van der Waals surface area contributed by atoms with Crippen molar-refractivity contribution >= 4 is 11.3 Å². The van der Waals surface area contributed by atoms with Crippen LogP contribution in [0.25, 0.3) is 22.0 Å². The van der Waals surface area contributed by atoms with E-state index in [4.69, 9.17) is 9.47 Å². The Kier molecular flexibility index (Phi) is 3.01. The van der Waals surface area contributed by atoms with Crippen LogP contribution in [0, 0.1) is 0 Å². The molecule has 5 nitrogen and oxygen atoms in total. The van der Waals surface area contributed by atoms with Gasteiger partial charge in [0.1, 0.15) is 23.9 Å². The Morgan fingerprint density at radius 2 is 1.90 bits per heavy atom. The average Bonchev–Trinajstić information content (AvgIpc) is 3.05. The van der Waals surface area contributed by atoms with Crippen LogP contribution in [0.15, 0.2) is 42.2 Å². The third-order valence-corrected chi connectivity index (χ3v) is 3.99. The first-order valence-electron chi connectivity index (χ1n) is 6.52. The highest BCUT2D eigenvalue weighted by molar-refractivity contribution is 7.13. The number of thiazole rings is 1. The molecule has 104 valence electrons. The lowest BCUT2D eigenvalue weighted by molar-refractivity contribution is 0.171. The summed E-state index contributed by atoms with van der Waals surface area (Å²) in [4.78, 5) is 13.0. The van der Waals surface area contributed by atoms with Crippen molar-refractivity contribution in [3.63, 3.8) is 0 Å². The fourth-order valence-corrected chi connectivity index (χ4v) is 2.93. The highest BCUT2D eigenvalue weighted by Gasteiger charge is 2.14. The molecular weight excluding hydrogens is 286 g/mol. The lowest BCUT2D eigenvalue weighted by Gasteiger charge is -2.18. The topological polar surface area (TPSA) is 57.1 Å². The number of benzene rings is 1.